The Morgan fingerprint density at radius 2 is 2.24 bits per heavy atom. The number of carbonyl (C=O) groups is 1. The Labute approximate surface area is 148 Å². The molecule has 0 amide bonds. The highest BCUT2D eigenvalue weighted by Crippen LogP contribution is 2.39. The third kappa shape index (κ3) is 3.17. The van der Waals surface area contributed by atoms with Crippen LogP contribution >= 0.6 is 11.8 Å². The highest BCUT2D eigenvalue weighted by molar-refractivity contribution is 7.99. The van der Waals surface area contributed by atoms with Crippen molar-refractivity contribution in [3.8, 4) is 0 Å². The number of hydrogen-bond donors (Lipinski definition) is 2. The van der Waals surface area contributed by atoms with Crippen molar-refractivity contribution in [3.63, 3.8) is 0 Å². The van der Waals surface area contributed by atoms with Gasteiger partial charge in [0.2, 0.25) is 0 Å². The van der Waals surface area contributed by atoms with Crippen LogP contribution in [0.15, 0.2) is 45.7 Å². The van der Waals surface area contributed by atoms with Gasteiger partial charge in [-0.25, -0.2) is 9.78 Å². The Balaban J connectivity index is 2.25. The average Bonchev–Trinajstić information content (AvgIpc) is 2.61. The number of ether oxygens (including phenoxy) is 1. The number of thioether (sulfide) groups is 1. The molecule has 25 heavy (non-hydrogen) atoms. The molecule has 0 aliphatic carbocycles. The highest BCUT2D eigenvalue weighted by atomic mass is 32.2. The van der Waals surface area contributed by atoms with Gasteiger partial charge < -0.3 is 15.0 Å². The molecule has 2 N–H and O–H groups in total. The standard InChI is InChI=1S/C17H18N4O3S/c1-4-25-17-20-14-13(15(22)21-17)12(10-6-5-7-18-8-10)11(9(2)19-14)16(23)24-3/h5-8,12H,4H2,1-3H3,(H2,19,20,21,22)/t12-/m1/s1. The minimum absolute atomic E-state index is 0.281. The van der Waals surface area contributed by atoms with E-state index in [2.05, 4.69) is 20.3 Å². The summed E-state index contributed by atoms with van der Waals surface area (Å²) in [5.74, 6) is 0.166. The molecule has 0 aromatic carbocycles. The fourth-order valence-electron chi connectivity index (χ4n) is 2.90. The van der Waals surface area contributed by atoms with E-state index in [0.717, 1.165) is 11.3 Å². The molecule has 0 bridgehead atoms. The number of allylic oxidation sites excluding steroid dienone is 1. The van der Waals surface area contributed by atoms with Gasteiger partial charge in [-0.15, -0.1) is 0 Å². The van der Waals surface area contributed by atoms with Gasteiger partial charge in [0.25, 0.3) is 5.56 Å². The molecule has 7 nitrogen and oxygen atoms in total. The SMILES string of the molecule is CCSc1nc2c(c(=O)[nH]1)[C@H](c1cccnc1)C(C(=O)OC)=C(C)N2. The van der Waals surface area contributed by atoms with Crippen LogP contribution in [0.5, 0.6) is 0 Å². The summed E-state index contributed by atoms with van der Waals surface area (Å²) in [4.78, 5) is 36.5. The zero-order valence-electron chi connectivity index (χ0n) is 14.1. The maximum Gasteiger partial charge on any atom is 0.336 e. The Hall–Kier alpha value is -2.61. The average molecular weight is 358 g/mol. The second-order valence-electron chi connectivity index (χ2n) is 5.44. The number of hydrogen-bond acceptors (Lipinski definition) is 7. The normalized spacial score (nSPS) is 16.2. The lowest BCUT2D eigenvalue weighted by Gasteiger charge is -2.28. The molecule has 2 aromatic heterocycles. The summed E-state index contributed by atoms with van der Waals surface area (Å²) in [7, 11) is 1.32. The van der Waals surface area contributed by atoms with E-state index in [1.807, 2.05) is 13.0 Å². The van der Waals surface area contributed by atoms with E-state index in [0.29, 0.717) is 27.8 Å². The van der Waals surface area contributed by atoms with Crippen LogP contribution in [0.2, 0.25) is 0 Å². The third-order valence-electron chi connectivity index (χ3n) is 3.92. The van der Waals surface area contributed by atoms with Crippen LogP contribution < -0.4 is 10.9 Å². The fraction of sp³-hybridized carbons (Fsp3) is 0.294. The van der Waals surface area contributed by atoms with Crippen molar-refractivity contribution in [1.82, 2.24) is 15.0 Å². The van der Waals surface area contributed by atoms with Gasteiger partial charge in [0.15, 0.2) is 5.16 Å². The van der Waals surface area contributed by atoms with Crippen LogP contribution in [-0.2, 0) is 9.53 Å². The number of nitrogens with one attached hydrogen (secondary N) is 2. The molecular formula is C17H18N4O3S. The summed E-state index contributed by atoms with van der Waals surface area (Å²) in [5, 5.41) is 3.62. The molecule has 0 saturated carbocycles. The molecule has 2 aromatic rings. The van der Waals surface area contributed by atoms with Crippen molar-refractivity contribution < 1.29 is 9.53 Å². The summed E-state index contributed by atoms with van der Waals surface area (Å²) in [6.45, 7) is 3.75. The molecule has 0 fully saturated rings. The summed E-state index contributed by atoms with van der Waals surface area (Å²) >= 11 is 1.45. The summed E-state index contributed by atoms with van der Waals surface area (Å²) in [6, 6.07) is 3.60. The van der Waals surface area contributed by atoms with Crippen LogP contribution in [0.1, 0.15) is 30.9 Å². The molecule has 0 spiro atoms. The topological polar surface area (TPSA) is 97.0 Å². The molecule has 3 rings (SSSR count). The molecule has 0 unspecified atom stereocenters. The number of methoxy groups -OCH3 is 1. The molecule has 130 valence electrons. The second-order valence-corrected chi connectivity index (χ2v) is 6.69. The van der Waals surface area contributed by atoms with Crippen molar-refractivity contribution in [2.45, 2.75) is 24.9 Å². The van der Waals surface area contributed by atoms with Gasteiger partial charge in [-0.2, -0.15) is 0 Å². The van der Waals surface area contributed by atoms with Crippen LogP contribution in [0.3, 0.4) is 0 Å². The van der Waals surface area contributed by atoms with Crippen molar-refractivity contribution in [1.29, 1.82) is 0 Å². The third-order valence-corrected chi connectivity index (χ3v) is 4.68. The summed E-state index contributed by atoms with van der Waals surface area (Å²) in [5.41, 5.74) is 1.83. The van der Waals surface area contributed by atoms with Crippen LogP contribution in [-0.4, -0.2) is 33.8 Å². The first-order chi connectivity index (χ1) is 12.1. The van der Waals surface area contributed by atoms with E-state index in [9.17, 15) is 9.59 Å². The van der Waals surface area contributed by atoms with Gasteiger partial charge in [-0.05, 0) is 24.3 Å². The zero-order valence-corrected chi connectivity index (χ0v) is 14.9. The van der Waals surface area contributed by atoms with Crippen LogP contribution in [0, 0.1) is 0 Å². The first-order valence-electron chi connectivity index (χ1n) is 7.79. The molecule has 8 heteroatoms. The van der Waals surface area contributed by atoms with Crippen LogP contribution in [0.4, 0.5) is 5.82 Å². The van der Waals surface area contributed by atoms with Crippen molar-refractivity contribution in [3.05, 3.63) is 57.3 Å². The van der Waals surface area contributed by atoms with Crippen molar-refractivity contribution >= 4 is 23.5 Å². The Morgan fingerprint density at radius 3 is 2.88 bits per heavy atom. The number of nitrogens with zero attached hydrogens (tertiary/aromatic N) is 2. The number of anilines is 1. The fourth-order valence-corrected chi connectivity index (χ4v) is 3.49. The maximum atomic E-state index is 12.8. The lowest BCUT2D eigenvalue weighted by Crippen LogP contribution is -2.31. The molecule has 0 saturated heterocycles. The molecule has 0 radical (unpaired) electrons. The summed E-state index contributed by atoms with van der Waals surface area (Å²) < 4.78 is 4.94. The number of fused-ring (bicyclic) bond motifs is 1. The molecular weight excluding hydrogens is 340 g/mol. The van der Waals surface area contributed by atoms with Gasteiger partial charge >= 0.3 is 5.97 Å². The van der Waals surface area contributed by atoms with Crippen molar-refractivity contribution in [2.24, 2.45) is 0 Å². The predicted molar refractivity (Wildman–Crippen MR) is 95.7 cm³/mol. The first kappa shape index (κ1) is 17.2. The minimum Gasteiger partial charge on any atom is -0.466 e. The lowest BCUT2D eigenvalue weighted by atomic mass is 9.83. The molecule has 1 aliphatic heterocycles. The number of esters is 1. The van der Waals surface area contributed by atoms with Gasteiger partial charge in [0.05, 0.1) is 24.2 Å². The lowest BCUT2D eigenvalue weighted by molar-refractivity contribution is -0.136. The van der Waals surface area contributed by atoms with E-state index >= 15 is 0 Å². The van der Waals surface area contributed by atoms with E-state index in [4.69, 9.17) is 4.74 Å². The predicted octanol–water partition coefficient (Wildman–Crippen LogP) is 2.28. The van der Waals surface area contributed by atoms with Crippen molar-refractivity contribution in [2.75, 3.05) is 18.2 Å². The van der Waals surface area contributed by atoms with E-state index in [1.54, 1.807) is 25.4 Å². The monoisotopic (exact) mass is 358 g/mol. The number of rotatable bonds is 4. The summed E-state index contributed by atoms with van der Waals surface area (Å²) in [6.07, 6.45) is 3.29. The highest BCUT2D eigenvalue weighted by Gasteiger charge is 2.36. The minimum atomic E-state index is -0.589. The number of aromatic nitrogens is 3. The van der Waals surface area contributed by atoms with E-state index in [-0.39, 0.29) is 5.56 Å². The quantitative estimate of drug-likeness (QED) is 0.492. The maximum absolute atomic E-state index is 12.8. The Bertz CT molecular complexity index is 893. The molecule has 1 atom stereocenters. The number of H-pyrrole nitrogens is 1. The smallest absolute Gasteiger partial charge is 0.336 e. The number of carbonyl (C=O) groups excluding carboxylic acids is 1. The molecule has 3 heterocycles. The molecule has 1 aliphatic rings. The van der Waals surface area contributed by atoms with Crippen LogP contribution in [0.25, 0.3) is 0 Å². The van der Waals surface area contributed by atoms with Gasteiger partial charge in [-0.3, -0.25) is 9.78 Å². The van der Waals surface area contributed by atoms with Gasteiger partial charge in [0.1, 0.15) is 5.82 Å². The zero-order chi connectivity index (χ0) is 18.0. The van der Waals surface area contributed by atoms with Gasteiger partial charge in [0, 0.05) is 18.1 Å². The largest absolute Gasteiger partial charge is 0.466 e. The Kier molecular flexibility index (Phi) is 4.89. The van der Waals surface area contributed by atoms with E-state index < -0.39 is 11.9 Å². The van der Waals surface area contributed by atoms with Gasteiger partial charge in [-0.1, -0.05) is 24.8 Å². The number of pyridine rings is 1. The Morgan fingerprint density at radius 1 is 1.44 bits per heavy atom. The number of aromatic amines is 1. The van der Waals surface area contributed by atoms with E-state index in [1.165, 1.54) is 18.9 Å². The first-order valence-corrected chi connectivity index (χ1v) is 8.78. The second kappa shape index (κ2) is 7.10.